The number of amides is 2. The highest BCUT2D eigenvalue weighted by molar-refractivity contribution is 7.16. The SMILES string of the molecule is Cc1sc(NC(=O)CNC(=O)c2ccc3ccccc3c2)nc1-c1ccccc1. The van der Waals surface area contributed by atoms with Crippen LogP contribution in [0.25, 0.3) is 22.0 Å². The molecule has 1 aromatic heterocycles. The Morgan fingerprint density at radius 3 is 2.45 bits per heavy atom. The standard InChI is InChI=1S/C23H19N3O2S/c1-15-21(17-8-3-2-4-9-17)26-23(29-15)25-20(27)14-24-22(28)19-12-11-16-7-5-6-10-18(16)13-19/h2-13H,14H2,1H3,(H,24,28)(H,25,26,27). The van der Waals surface area contributed by atoms with Gasteiger partial charge in [-0.2, -0.15) is 0 Å². The number of hydrogen-bond donors (Lipinski definition) is 2. The molecule has 0 fully saturated rings. The highest BCUT2D eigenvalue weighted by atomic mass is 32.1. The first-order valence-electron chi connectivity index (χ1n) is 9.20. The zero-order valence-corrected chi connectivity index (χ0v) is 16.6. The lowest BCUT2D eigenvalue weighted by Gasteiger charge is -2.06. The molecule has 0 aliphatic carbocycles. The number of anilines is 1. The fourth-order valence-corrected chi connectivity index (χ4v) is 3.92. The van der Waals surface area contributed by atoms with Crippen LogP contribution in [0.2, 0.25) is 0 Å². The molecule has 4 rings (SSSR count). The van der Waals surface area contributed by atoms with Crippen molar-refractivity contribution >= 4 is 39.1 Å². The van der Waals surface area contributed by atoms with Crippen molar-refractivity contribution in [3.05, 3.63) is 83.2 Å². The highest BCUT2D eigenvalue weighted by Gasteiger charge is 2.13. The highest BCUT2D eigenvalue weighted by Crippen LogP contribution is 2.30. The Bertz CT molecular complexity index is 1190. The molecule has 3 aromatic carbocycles. The minimum atomic E-state index is -0.312. The van der Waals surface area contributed by atoms with E-state index in [1.807, 2.05) is 73.7 Å². The summed E-state index contributed by atoms with van der Waals surface area (Å²) in [4.78, 5) is 30.2. The fourth-order valence-electron chi connectivity index (χ4n) is 3.07. The number of hydrogen-bond acceptors (Lipinski definition) is 4. The molecule has 1 heterocycles. The maximum Gasteiger partial charge on any atom is 0.251 e. The maximum atomic E-state index is 12.4. The van der Waals surface area contributed by atoms with E-state index in [1.165, 1.54) is 11.3 Å². The second-order valence-corrected chi connectivity index (χ2v) is 7.79. The van der Waals surface area contributed by atoms with E-state index in [-0.39, 0.29) is 18.4 Å². The lowest BCUT2D eigenvalue weighted by molar-refractivity contribution is -0.115. The molecule has 0 spiro atoms. The molecule has 6 heteroatoms. The molecule has 2 N–H and O–H groups in total. The van der Waals surface area contributed by atoms with Crippen molar-refractivity contribution in [2.75, 3.05) is 11.9 Å². The van der Waals surface area contributed by atoms with Crippen molar-refractivity contribution in [1.82, 2.24) is 10.3 Å². The van der Waals surface area contributed by atoms with Crippen LogP contribution in [0.4, 0.5) is 5.13 Å². The van der Waals surface area contributed by atoms with Crippen LogP contribution in [0.15, 0.2) is 72.8 Å². The Kier molecular flexibility index (Phi) is 5.35. The summed E-state index contributed by atoms with van der Waals surface area (Å²) in [5, 5.41) is 7.99. The summed E-state index contributed by atoms with van der Waals surface area (Å²) < 4.78 is 0. The molecule has 0 radical (unpaired) electrons. The summed E-state index contributed by atoms with van der Waals surface area (Å²) in [5.74, 6) is -0.598. The summed E-state index contributed by atoms with van der Waals surface area (Å²) in [5.41, 5.74) is 2.38. The summed E-state index contributed by atoms with van der Waals surface area (Å²) >= 11 is 1.41. The van der Waals surface area contributed by atoms with Crippen molar-refractivity contribution in [2.24, 2.45) is 0 Å². The zero-order chi connectivity index (χ0) is 20.2. The fraction of sp³-hybridized carbons (Fsp3) is 0.0870. The van der Waals surface area contributed by atoms with E-state index in [0.717, 1.165) is 26.9 Å². The predicted molar refractivity (Wildman–Crippen MR) is 117 cm³/mol. The maximum absolute atomic E-state index is 12.4. The largest absolute Gasteiger partial charge is 0.343 e. The van der Waals surface area contributed by atoms with E-state index in [2.05, 4.69) is 15.6 Å². The van der Waals surface area contributed by atoms with Gasteiger partial charge in [-0.1, -0.05) is 60.7 Å². The number of aromatic nitrogens is 1. The van der Waals surface area contributed by atoms with Gasteiger partial charge in [0.05, 0.1) is 12.2 Å². The van der Waals surface area contributed by atoms with Gasteiger partial charge in [-0.3, -0.25) is 9.59 Å². The summed E-state index contributed by atoms with van der Waals surface area (Å²) in [6, 6.07) is 23.1. The molecule has 4 aromatic rings. The normalized spacial score (nSPS) is 10.7. The Labute approximate surface area is 172 Å². The molecule has 0 saturated carbocycles. The molecule has 29 heavy (non-hydrogen) atoms. The Hall–Kier alpha value is -3.51. The van der Waals surface area contributed by atoms with Crippen LogP contribution < -0.4 is 10.6 Å². The van der Waals surface area contributed by atoms with Gasteiger partial charge in [0, 0.05) is 16.0 Å². The van der Waals surface area contributed by atoms with Crippen molar-refractivity contribution in [3.8, 4) is 11.3 Å². The minimum absolute atomic E-state index is 0.120. The number of rotatable bonds is 5. The second kappa shape index (κ2) is 8.24. The molecule has 0 saturated heterocycles. The molecular formula is C23H19N3O2S. The first-order chi connectivity index (χ1) is 14.1. The molecule has 0 aliphatic heterocycles. The quantitative estimate of drug-likeness (QED) is 0.512. The number of thiazole rings is 1. The molecule has 0 bridgehead atoms. The first-order valence-corrected chi connectivity index (χ1v) is 10.0. The van der Waals surface area contributed by atoms with E-state index >= 15 is 0 Å². The molecule has 0 aliphatic rings. The number of nitrogens with zero attached hydrogens (tertiary/aromatic N) is 1. The Balaban J connectivity index is 1.38. The smallest absolute Gasteiger partial charge is 0.251 e. The average Bonchev–Trinajstić information content (AvgIpc) is 3.12. The van der Waals surface area contributed by atoms with Gasteiger partial charge >= 0.3 is 0 Å². The van der Waals surface area contributed by atoms with Gasteiger partial charge in [0.1, 0.15) is 0 Å². The van der Waals surface area contributed by atoms with E-state index in [1.54, 1.807) is 6.07 Å². The van der Waals surface area contributed by atoms with Crippen LogP contribution in [0.5, 0.6) is 0 Å². The lowest BCUT2D eigenvalue weighted by Crippen LogP contribution is -2.32. The monoisotopic (exact) mass is 401 g/mol. The van der Waals surface area contributed by atoms with Crippen LogP contribution in [0.1, 0.15) is 15.2 Å². The van der Waals surface area contributed by atoms with Crippen LogP contribution in [0.3, 0.4) is 0 Å². The number of fused-ring (bicyclic) bond motifs is 1. The van der Waals surface area contributed by atoms with E-state index < -0.39 is 0 Å². The van der Waals surface area contributed by atoms with Gasteiger partial charge in [0.15, 0.2) is 5.13 Å². The van der Waals surface area contributed by atoms with Crippen LogP contribution in [0, 0.1) is 6.92 Å². The number of benzene rings is 3. The second-order valence-electron chi connectivity index (χ2n) is 6.58. The van der Waals surface area contributed by atoms with Gasteiger partial charge in [0.25, 0.3) is 5.91 Å². The van der Waals surface area contributed by atoms with Crippen LogP contribution >= 0.6 is 11.3 Å². The molecular weight excluding hydrogens is 382 g/mol. The summed E-state index contributed by atoms with van der Waals surface area (Å²) in [7, 11) is 0. The molecule has 144 valence electrons. The topological polar surface area (TPSA) is 71.1 Å². The third kappa shape index (κ3) is 4.33. The van der Waals surface area contributed by atoms with Crippen molar-refractivity contribution in [1.29, 1.82) is 0 Å². The number of carbonyl (C=O) groups excluding carboxylic acids is 2. The van der Waals surface area contributed by atoms with Crippen molar-refractivity contribution in [3.63, 3.8) is 0 Å². The zero-order valence-electron chi connectivity index (χ0n) is 15.8. The van der Waals surface area contributed by atoms with Gasteiger partial charge in [-0.25, -0.2) is 4.98 Å². The average molecular weight is 401 g/mol. The number of nitrogens with one attached hydrogen (secondary N) is 2. The van der Waals surface area contributed by atoms with E-state index in [4.69, 9.17) is 0 Å². The van der Waals surface area contributed by atoms with Gasteiger partial charge < -0.3 is 10.6 Å². The molecule has 5 nitrogen and oxygen atoms in total. The van der Waals surface area contributed by atoms with E-state index in [0.29, 0.717) is 10.7 Å². The first kappa shape index (κ1) is 18.8. The predicted octanol–water partition coefficient (Wildman–Crippen LogP) is 4.64. The molecule has 0 atom stereocenters. The Morgan fingerprint density at radius 2 is 1.66 bits per heavy atom. The summed E-state index contributed by atoms with van der Waals surface area (Å²) in [6.45, 7) is 1.85. The minimum Gasteiger partial charge on any atom is -0.343 e. The Morgan fingerprint density at radius 1 is 0.931 bits per heavy atom. The van der Waals surface area contributed by atoms with Crippen LogP contribution in [-0.4, -0.2) is 23.3 Å². The van der Waals surface area contributed by atoms with E-state index in [9.17, 15) is 9.59 Å². The number of aryl methyl sites for hydroxylation is 1. The third-order valence-corrected chi connectivity index (χ3v) is 5.40. The van der Waals surface area contributed by atoms with Gasteiger partial charge in [0.2, 0.25) is 5.91 Å². The van der Waals surface area contributed by atoms with Crippen molar-refractivity contribution < 1.29 is 9.59 Å². The van der Waals surface area contributed by atoms with Gasteiger partial charge in [-0.15, -0.1) is 11.3 Å². The van der Waals surface area contributed by atoms with Gasteiger partial charge in [-0.05, 0) is 29.8 Å². The molecule has 2 amide bonds. The van der Waals surface area contributed by atoms with Crippen molar-refractivity contribution in [2.45, 2.75) is 6.92 Å². The number of carbonyl (C=O) groups is 2. The lowest BCUT2D eigenvalue weighted by atomic mass is 10.1. The summed E-state index contributed by atoms with van der Waals surface area (Å²) in [6.07, 6.45) is 0. The molecule has 0 unspecified atom stereocenters. The third-order valence-electron chi connectivity index (χ3n) is 4.51. The van der Waals surface area contributed by atoms with Crippen LogP contribution in [-0.2, 0) is 4.79 Å².